The zero-order valence-electron chi connectivity index (χ0n) is 25.4. The number of carbonyl (C=O) groups excluding carboxylic acids is 1. The summed E-state index contributed by atoms with van der Waals surface area (Å²) < 4.78 is 63.3. The summed E-state index contributed by atoms with van der Waals surface area (Å²) in [6, 6.07) is 4.53. The molecule has 0 aliphatic heterocycles. The summed E-state index contributed by atoms with van der Waals surface area (Å²) >= 11 is 0. The number of nitrogens with one attached hydrogen (secondary N) is 1. The highest BCUT2D eigenvalue weighted by Gasteiger charge is 2.29. The molecule has 0 amide bonds. The van der Waals surface area contributed by atoms with Gasteiger partial charge in [-0.25, -0.2) is 27.1 Å². The van der Waals surface area contributed by atoms with Gasteiger partial charge in [-0.05, 0) is 94.5 Å². The molecule has 10 nitrogen and oxygen atoms in total. The number of rotatable bonds is 12. The first-order valence-corrected chi connectivity index (χ1v) is 14.8. The Bertz CT molecular complexity index is 1670. The maximum absolute atomic E-state index is 13.6. The number of carbonyl (C=O) groups is 2. The number of hydrogen-bond acceptors (Lipinski definition) is 8. The van der Waals surface area contributed by atoms with E-state index >= 15 is 0 Å². The van der Waals surface area contributed by atoms with Crippen LogP contribution >= 0.6 is 0 Å². The van der Waals surface area contributed by atoms with Gasteiger partial charge in [-0.3, -0.25) is 0 Å². The molecule has 0 heterocycles. The second kappa shape index (κ2) is 13.4. The number of carboxylic acid groups (broad SMARTS) is 1. The van der Waals surface area contributed by atoms with Gasteiger partial charge < -0.3 is 24.1 Å². The molecule has 0 saturated carbocycles. The van der Waals surface area contributed by atoms with Crippen molar-refractivity contribution in [1.29, 1.82) is 0 Å². The van der Waals surface area contributed by atoms with Crippen molar-refractivity contribution in [3.63, 3.8) is 0 Å². The van der Waals surface area contributed by atoms with Crippen molar-refractivity contribution in [2.24, 2.45) is 0 Å². The summed E-state index contributed by atoms with van der Waals surface area (Å²) in [5.74, 6) is -1.33. The molecule has 0 saturated heterocycles. The molecule has 3 aromatic rings. The molecule has 2 N–H and O–H groups in total. The van der Waals surface area contributed by atoms with Gasteiger partial charge in [0.1, 0.15) is 39.9 Å². The van der Waals surface area contributed by atoms with Crippen LogP contribution in [0.15, 0.2) is 29.2 Å². The first kappa shape index (κ1) is 33.3. The minimum absolute atomic E-state index is 0.00232. The van der Waals surface area contributed by atoms with Crippen molar-refractivity contribution >= 4 is 22.0 Å². The second-order valence-corrected chi connectivity index (χ2v) is 11.7. The molecule has 43 heavy (non-hydrogen) atoms. The van der Waals surface area contributed by atoms with E-state index in [0.717, 1.165) is 12.1 Å². The average molecular weight is 618 g/mol. The molecule has 0 atom stereocenters. The van der Waals surface area contributed by atoms with Crippen LogP contribution in [0.1, 0.15) is 60.5 Å². The molecule has 3 aromatic carbocycles. The van der Waals surface area contributed by atoms with Crippen molar-refractivity contribution < 1.29 is 46.5 Å². The van der Waals surface area contributed by atoms with E-state index in [-0.39, 0.29) is 46.4 Å². The molecule has 0 aromatic heterocycles. The lowest BCUT2D eigenvalue weighted by Crippen LogP contribution is -2.26. The predicted molar refractivity (Wildman–Crippen MR) is 158 cm³/mol. The molecular weight excluding hydrogens is 581 g/mol. The highest BCUT2D eigenvalue weighted by atomic mass is 32.2. The SMILES string of the molecule is COc1c(C)c(OC(=O)c2c(C)c(C)c(OCCCNS(=O)(=O)c3ccc(F)cc3)c(C)c2OC)c(C)c(C)c1C(=O)O. The van der Waals surface area contributed by atoms with Gasteiger partial charge in [0, 0.05) is 17.7 Å². The summed E-state index contributed by atoms with van der Waals surface area (Å²) in [4.78, 5) is 25.4. The first-order valence-electron chi connectivity index (χ1n) is 13.4. The number of esters is 1. The third-order valence-electron chi connectivity index (χ3n) is 7.38. The molecule has 0 radical (unpaired) electrons. The molecule has 0 unspecified atom stereocenters. The van der Waals surface area contributed by atoms with Crippen LogP contribution in [-0.4, -0.2) is 52.8 Å². The number of sulfonamides is 1. The van der Waals surface area contributed by atoms with E-state index < -0.39 is 27.8 Å². The molecule has 0 spiro atoms. The van der Waals surface area contributed by atoms with Gasteiger partial charge in [0.15, 0.2) is 0 Å². The van der Waals surface area contributed by atoms with E-state index in [4.69, 9.17) is 18.9 Å². The first-order chi connectivity index (χ1) is 20.2. The Kier molecular flexibility index (Phi) is 10.4. The van der Waals surface area contributed by atoms with Gasteiger partial charge in [0.05, 0.1) is 25.7 Å². The third-order valence-corrected chi connectivity index (χ3v) is 8.85. The van der Waals surface area contributed by atoms with Gasteiger partial charge in [-0.15, -0.1) is 0 Å². The van der Waals surface area contributed by atoms with Crippen molar-refractivity contribution in [3.8, 4) is 23.0 Å². The standard InChI is InChI=1S/C31H36FNO9S/c1-16-19(4)27(21(6)28(39-7)24(16)30(34)35)42-31(36)25-17(2)18(3)26(20(5)29(25)40-8)41-15-9-14-33-43(37,38)23-12-10-22(32)11-13-23/h10-13,33H,9,14-15H2,1-8H3,(H,34,35). The highest BCUT2D eigenvalue weighted by Crippen LogP contribution is 2.41. The average Bonchev–Trinajstić information content (AvgIpc) is 2.95. The summed E-state index contributed by atoms with van der Waals surface area (Å²) in [5.41, 5.74) is 3.24. The van der Waals surface area contributed by atoms with Gasteiger partial charge in [0.25, 0.3) is 0 Å². The lowest BCUT2D eigenvalue weighted by Gasteiger charge is -2.22. The Morgan fingerprint density at radius 2 is 1.28 bits per heavy atom. The van der Waals surface area contributed by atoms with Crippen LogP contribution in [0, 0.1) is 47.4 Å². The lowest BCUT2D eigenvalue weighted by atomic mass is 9.96. The minimum Gasteiger partial charge on any atom is -0.495 e. The van der Waals surface area contributed by atoms with Gasteiger partial charge in [-0.2, -0.15) is 0 Å². The molecule has 0 aliphatic rings. The fraction of sp³-hybridized carbons (Fsp3) is 0.355. The van der Waals surface area contributed by atoms with E-state index in [0.29, 0.717) is 45.6 Å². The van der Waals surface area contributed by atoms with Crippen LogP contribution in [0.5, 0.6) is 23.0 Å². The molecule has 12 heteroatoms. The molecule has 0 fully saturated rings. The normalized spacial score (nSPS) is 11.3. The Balaban J connectivity index is 1.83. The number of benzene rings is 3. The van der Waals surface area contributed by atoms with Crippen LogP contribution in [0.25, 0.3) is 0 Å². The van der Waals surface area contributed by atoms with E-state index in [2.05, 4.69) is 4.72 Å². The summed E-state index contributed by atoms with van der Waals surface area (Å²) in [6.45, 7) is 10.4. The van der Waals surface area contributed by atoms with E-state index in [1.165, 1.54) is 26.4 Å². The number of ether oxygens (including phenoxy) is 4. The van der Waals surface area contributed by atoms with Crippen LogP contribution in [0.3, 0.4) is 0 Å². The topological polar surface area (TPSA) is 137 Å². The largest absolute Gasteiger partial charge is 0.495 e. The highest BCUT2D eigenvalue weighted by molar-refractivity contribution is 7.89. The second-order valence-electron chi connectivity index (χ2n) is 9.97. The van der Waals surface area contributed by atoms with Crippen LogP contribution in [0.2, 0.25) is 0 Å². The molecule has 232 valence electrons. The fourth-order valence-electron chi connectivity index (χ4n) is 4.88. The van der Waals surface area contributed by atoms with E-state index in [1.54, 1.807) is 41.5 Å². The quantitative estimate of drug-likeness (QED) is 0.156. The number of carboxylic acids is 1. The van der Waals surface area contributed by atoms with Crippen molar-refractivity contribution in [2.45, 2.75) is 52.9 Å². The van der Waals surface area contributed by atoms with Crippen molar-refractivity contribution in [3.05, 3.63) is 74.6 Å². The molecular formula is C31H36FNO9S. The minimum atomic E-state index is -3.80. The zero-order valence-corrected chi connectivity index (χ0v) is 26.2. The number of methoxy groups -OCH3 is 2. The molecule has 0 bridgehead atoms. The van der Waals surface area contributed by atoms with Crippen LogP contribution in [-0.2, 0) is 10.0 Å². The van der Waals surface area contributed by atoms with Crippen LogP contribution in [0.4, 0.5) is 4.39 Å². The third kappa shape index (κ3) is 6.75. The Labute approximate surface area is 250 Å². The number of hydrogen-bond donors (Lipinski definition) is 2. The number of halogens is 1. The Morgan fingerprint density at radius 1 is 0.767 bits per heavy atom. The Hall–Kier alpha value is -4.16. The fourth-order valence-corrected chi connectivity index (χ4v) is 5.95. The Morgan fingerprint density at radius 3 is 1.84 bits per heavy atom. The van der Waals surface area contributed by atoms with Crippen molar-refractivity contribution in [2.75, 3.05) is 27.4 Å². The number of aromatic carboxylic acids is 1. The summed E-state index contributed by atoms with van der Waals surface area (Å²) in [5, 5.41) is 9.69. The summed E-state index contributed by atoms with van der Waals surface area (Å²) in [6.07, 6.45) is 0.330. The smallest absolute Gasteiger partial charge is 0.347 e. The van der Waals surface area contributed by atoms with Crippen molar-refractivity contribution in [1.82, 2.24) is 4.72 Å². The lowest BCUT2D eigenvalue weighted by molar-refractivity contribution is 0.0692. The van der Waals surface area contributed by atoms with Gasteiger partial charge in [-0.1, -0.05) is 0 Å². The predicted octanol–water partition coefficient (Wildman–Crippen LogP) is 5.36. The van der Waals surface area contributed by atoms with Crippen LogP contribution < -0.4 is 23.7 Å². The summed E-state index contributed by atoms with van der Waals surface area (Å²) in [7, 11) is -1.02. The molecule has 3 rings (SSSR count). The van der Waals surface area contributed by atoms with E-state index in [9.17, 15) is 27.5 Å². The van der Waals surface area contributed by atoms with E-state index in [1.807, 2.05) is 0 Å². The monoisotopic (exact) mass is 617 g/mol. The maximum atomic E-state index is 13.6. The van der Waals surface area contributed by atoms with Gasteiger partial charge >= 0.3 is 11.9 Å². The van der Waals surface area contributed by atoms with Gasteiger partial charge in [0.2, 0.25) is 10.0 Å². The maximum Gasteiger partial charge on any atom is 0.347 e. The zero-order chi connectivity index (χ0) is 32.2. The molecule has 0 aliphatic carbocycles.